The van der Waals surface area contributed by atoms with Crippen molar-refractivity contribution in [2.24, 2.45) is 0 Å². The summed E-state index contributed by atoms with van der Waals surface area (Å²) < 4.78 is 6.36. The second-order valence-electron chi connectivity index (χ2n) is 4.90. The number of aryl methyl sites for hydroxylation is 1. The number of pyridine rings is 1. The molecule has 0 spiro atoms. The number of hydrogen-bond donors (Lipinski definition) is 1. The van der Waals surface area contributed by atoms with E-state index in [1.165, 1.54) is 0 Å². The third-order valence-corrected chi connectivity index (χ3v) is 5.44. The molecule has 0 atom stereocenters. The first-order valence-corrected chi connectivity index (χ1v) is 8.13. The number of nitrogens with two attached hydrogens (primary N) is 1. The zero-order valence-corrected chi connectivity index (χ0v) is 14.4. The quantitative estimate of drug-likeness (QED) is 0.702. The Morgan fingerprint density at radius 2 is 2.05 bits per heavy atom. The number of fused-ring (bicyclic) bond motifs is 1. The van der Waals surface area contributed by atoms with Crippen molar-refractivity contribution in [1.29, 1.82) is 0 Å². The Hall–Kier alpha value is -1.59. The molecule has 0 aliphatic heterocycles. The standard InChI is InChI=1S/C16H15BrN2OS/c1-8-9(2)19-16-13(14(8)18)12(15(17)21-16)10-5-4-6-11(7-10)20-3/h4-7H,1-3H3,(H2,18,19). The molecule has 108 valence electrons. The molecule has 2 heterocycles. The van der Waals surface area contributed by atoms with Crippen molar-refractivity contribution in [3.63, 3.8) is 0 Å². The number of nitrogen functional groups attached to an aromatic ring is 1. The molecule has 21 heavy (non-hydrogen) atoms. The molecule has 2 N–H and O–H groups in total. The van der Waals surface area contributed by atoms with Crippen molar-refractivity contribution in [1.82, 2.24) is 4.98 Å². The first kappa shape index (κ1) is 14.4. The lowest BCUT2D eigenvalue weighted by Gasteiger charge is -2.09. The molecular formula is C16H15BrN2OS. The smallest absolute Gasteiger partial charge is 0.127 e. The zero-order chi connectivity index (χ0) is 15.1. The fourth-order valence-corrected chi connectivity index (χ4v) is 4.25. The minimum Gasteiger partial charge on any atom is -0.497 e. The van der Waals surface area contributed by atoms with Crippen LogP contribution in [0.15, 0.2) is 28.1 Å². The van der Waals surface area contributed by atoms with Crippen LogP contribution in [0.25, 0.3) is 21.3 Å². The highest BCUT2D eigenvalue weighted by molar-refractivity contribution is 9.11. The second kappa shape index (κ2) is 5.31. The monoisotopic (exact) mass is 362 g/mol. The summed E-state index contributed by atoms with van der Waals surface area (Å²) in [6, 6.07) is 7.99. The minimum atomic E-state index is 0.803. The Morgan fingerprint density at radius 3 is 2.76 bits per heavy atom. The fourth-order valence-electron chi connectivity index (χ4n) is 2.38. The van der Waals surface area contributed by atoms with Gasteiger partial charge in [-0.1, -0.05) is 12.1 Å². The molecule has 0 fully saturated rings. The molecule has 0 saturated carbocycles. The van der Waals surface area contributed by atoms with Gasteiger partial charge in [0.15, 0.2) is 0 Å². The number of ether oxygens (including phenoxy) is 1. The van der Waals surface area contributed by atoms with Crippen LogP contribution in [0.2, 0.25) is 0 Å². The first-order chi connectivity index (χ1) is 10.0. The normalized spacial score (nSPS) is 11.0. The number of thiophene rings is 1. The summed E-state index contributed by atoms with van der Waals surface area (Å²) in [4.78, 5) is 5.62. The molecule has 0 amide bonds. The summed E-state index contributed by atoms with van der Waals surface area (Å²) in [7, 11) is 1.67. The van der Waals surface area contributed by atoms with E-state index in [9.17, 15) is 0 Å². The Balaban J connectivity index is 2.36. The molecule has 0 saturated heterocycles. The molecule has 3 aromatic rings. The third kappa shape index (κ3) is 2.30. The van der Waals surface area contributed by atoms with Crippen LogP contribution in [0.5, 0.6) is 5.75 Å². The van der Waals surface area contributed by atoms with E-state index in [1.54, 1.807) is 18.4 Å². The van der Waals surface area contributed by atoms with Crippen LogP contribution in [0.1, 0.15) is 11.3 Å². The van der Waals surface area contributed by atoms with E-state index in [2.05, 4.69) is 27.0 Å². The maximum atomic E-state index is 6.36. The van der Waals surface area contributed by atoms with Gasteiger partial charge in [0.2, 0.25) is 0 Å². The lowest BCUT2D eigenvalue weighted by Crippen LogP contribution is -1.96. The van der Waals surface area contributed by atoms with Gasteiger partial charge in [-0.25, -0.2) is 4.98 Å². The van der Waals surface area contributed by atoms with Crippen molar-refractivity contribution >= 4 is 43.2 Å². The summed E-state index contributed by atoms with van der Waals surface area (Å²) in [5, 5.41) is 1.02. The molecular weight excluding hydrogens is 348 g/mol. The fraction of sp³-hybridized carbons (Fsp3) is 0.188. The average molecular weight is 363 g/mol. The lowest BCUT2D eigenvalue weighted by molar-refractivity contribution is 0.415. The SMILES string of the molecule is COc1cccc(-c2c(Br)sc3nc(C)c(C)c(N)c23)c1. The molecule has 1 aromatic carbocycles. The molecule has 3 nitrogen and oxygen atoms in total. The summed E-state index contributed by atoms with van der Waals surface area (Å²) in [5.74, 6) is 0.828. The number of rotatable bonds is 2. The number of halogens is 1. The van der Waals surface area contributed by atoms with Gasteiger partial charge in [0.25, 0.3) is 0 Å². The Kier molecular flexibility index (Phi) is 3.63. The number of benzene rings is 1. The molecule has 0 bridgehead atoms. The van der Waals surface area contributed by atoms with Gasteiger partial charge in [-0.15, -0.1) is 11.3 Å². The van der Waals surface area contributed by atoms with E-state index in [4.69, 9.17) is 10.5 Å². The van der Waals surface area contributed by atoms with Crippen molar-refractivity contribution in [3.8, 4) is 16.9 Å². The van der Waals surface area contributed by atoms with Crippen molar-refractivity contribution < 1.29 is 4.74 Å². The van der Waals surface area contributed by atoms with Gasteiger partial charge in [0, 0.05) is 22.3 Å². The maximum absolute atomic E-state index is 6.36. The van der Waals surface area contributed by atoms with Gasteiger partial charge in [0.05, 0.1) is 10.9 Å². The van der Waals surface area contributed by atoms with E-state index in [-0.39, 0.29) is 0 Å². The van der Waals surface area contributed by atoms with Crippen molar-refractivity contribution in [2.75, 3.05) is 12.8 Å². The number of nitrogens with zero attached hydrogens (tertiary/aromatic N) is 1. The third-order valence-electron chi connectivity index (χ3n) is 3.69. The minimum absolute atomic E-state index is 0.803. The largest absolute Gasteiger partial charge is 0.497 e. The summed E-state index contributed by atoms with van der Waals surface area (Å²) in [5.41, 5.74) is 11.3. The number of hydrogen-bond acceptors (Lipinski definition) is 4. The van der Waals surface area contributed by atoms with Crippen LogP contribution in [-0.2, 0) is 0 Å². The van der Waals surface area contributed by atoms with E-state index in [0.29, 0.717) is 0 Å². The van der Waals surface area contributed by atoms with Crippen LogP contribution >= 0.6 is 27.3 Å². The van der Waals surface area contributed by atoms with E-state index in [0.717, 1.165) is 47.8 Å². The maximum Gasteiger partial charge on any atom is 0.127 e. The lowest BCUT2D eigenvalue weighted by atomic mass is 10.0. The predicted molar refractivity (Wildman–Crippen MR) is 93.2 cm³/mol. The number of methoxy groups -OCH3 is 1. The Morgan fingerprint density at radius 1 is 1.29 bits per heavy atom. The van der Waals surface area contributed by atoms with Gasteiger partial charge >= 0.3 is 0 Å². The average Bonchev–Trinajstić information content (AvgIpc) is 2.81. The van der Waals surface area contributed by atoms with Crippen LogP contribution in [0.3, 0.4) is 0 Å². The van der Waals surface area contributed by atoms with Crippen LogP contribution in [0.4, 0.5) is 5.69 Å². The van der Waals surface area contributed by atoms with Gasteiger partial charge < -0.3 is 10.5 Å². The van der Waals surface area contributed by atoms with Crippen LogP contribution in [-0.4, -0.2) is 12.1 Å². The van der Waals surface area contributed by atoms with E-state index >= 15 is 0 Å². The highest BCUT2D eigenvalue weighted by Crippen LogP contribution is 2.45. The molecule has 0 radical (unpaired) electrons. The van der Waals surface area contributed by atoms with Crippen molar-refractivity contribution in [2.45, 2.75) is 13.8 Å². The van der Waals surface area contributed by atoms with Crippen LogP contribution in [0, 0.1) is 13.8 Å². The van der Waals surface area contributed by atoms with Crippen LogP contribution < -0.4 is 10.5 Å². The molecule has 0 unspecified atom stereocenters. The van der Waals surface area contributed by atoms with Gasteiger partial charge in [-0.3, -0.25) is 0 Å². The number of anilines is 1. The van der Waals surface area contributed by atoms with Gasteiger partial charge in [0.1, 0.15) is 10.6 Å². The number of aromatic nitrogens is 1. The summed E-state index contributed by atoms with van der Waals surface area (Å²) in [6.07, 6.45) is 0. The molecule has 0 aliphatic rings. The Bertz CT molecular complexity index is 842. The predicted octanol–water partition coefficient (Wildman–Crippen LogP) is 4.93. The second-order valence-corrected chi connectivity index (χ2v) is 7.22. The Labute approximate surface area is 135 Å². The highest BCUT2D eigenvalue weighted by atomic mass is 79.9. The zero-order valence-electron chi connectivity index (χ0n) is 12.0. The topological polar surface area (TPSA) is 48.1 Å². The molecule has 5 heteroatoms. The molecule has 3 rings (SSSR count). The van der Waals surface area contributed by atoms with Gasteiger partial charge in [-0.2, -0.15) is 0 Å². The van der Waals surface area contributed by atoms with E-state index in [1.807, 2.05) is 32.0 Å². The summed E-state index contributed by atoms with van der Waals surface area (Å²) >= 11 is 5.27. The molecule has 0 aliphatic carbocycles. The first-order valence-electron chi connectivity index (χ1n) is 6.52. The van der Waals surface area contributed by atoms with Gasteiger partial charge in [-0.05, 0) is 53.0 Å². The molecule has 2 aromatic heterocycles. The highest BCUT2D eigenvalue weighted by Gasteiger charge is 2.18. The summed E-state index contributed by atoms with van der Waals surface area (Å²) in [6.45, 7) is 4.00. The van der Waals surface area contributed by atoms with E-state index < -0.39 is 0 Å². The van der Waals surface area contributed by atoms with Crippen molar-refractivity contribution in [3.05, 3.63) is 39.3 Å².